The fourth-order valence-corrected chi connectivity index (χ4v) is 3.35. The number of aromatic nitrogens is 3. The maximum atomic E-state index is 14.7. The number of alkyl halides is 3. The zero-order valence-electron chi connectivity index (χ0n) is 19.5. The van der Waals surface area contributed by atoms with Crippen LogP contribution in [-0.2, 0) is 6.18 Å². The van der Waals surface area contributed by atoms with E-state index in [4.69, 9.17) is 4.74 Å². The Morgan fingerprint density at radius 1 is 1.03 bits per heavy atom. The molecule has 0 aliphatic rings. The van der Waals surface area contributed by atoms with Crippen molar-refractivity contribution in [2.45, 2.75) is 6.18 Å². The van der Waals surface area contributed by atoms with Gasteiger partial charge in [-0.3, -0.25) is 10.0 Å². The highest BCUT2D eigenvalue weighted by molar-refractivity contribution is 6.01. The largest absolute Gasteiger partial charge is 0.457 e. The molecule has 2 aromatic carbocycles. The van der Waals surface area contributed by atoms with Gasteiger partial charge >= 0.3 is 23.8 Å². The lowest BCUT2D eigenvalue weighted by Gasteiger charge is -2.16. The van der Waals surface area contributed by atoms with E-state index in [1.165, 1.54) is 60.7 Å². The van der Waals surface area contributed by atoms with Gasteiger partial charge in [0.2, 0.25) is 6.20 Å². The number of anilines is 2. The maximum absolute atomic E-state index is 14.7. The molecule has 38 heavy (non-hydrogen) atoms. The minimum absolute atomic E-state index is 0.00674. The van der Waals surface area contributed by atoms with E-state index in [1.54, 1.807) is 0 Å². The molecular weight excluding hydrogens is 512 g/mol. The van der Waals surface area contributed by atoms with E-state index in [0.717, 1.165) is 24.4 Å². The molecule has 196 valence electrons. The summed E-state index contributed by atoms with van der Waals surface area (Å²) in [4.78, 5) is 28.2. The van der Waals surface area contributed by atoms with E-state index >= 15 is 0 Å². The third-order valence-electron chi connectivity index (χ3n) is 5.14. The monoisotopic (exact) mass is 531 g/mol. The average Bonchev–Trinajstić information content (AvgIpc) is 3.40. The van der Waals surface area contributed by atoms with Crippen molar-refractivity contribution >= 4 is 23.3 Å². The molecule has 0 unspecified atom stereocenters. The van der Waals surface area contributed by atoms with Crippen LogP contribution in [0.25, 0.3) is 5.69 Å². The van der Waals surface area contributed by atoms with Gasteiger partial charge in [0.1, 0.15) is 17.3 Å². The van der Waals surface area contributed by atoms with Gasteiger partial charge in [0.25, 0.3) is 0 Å². The number of hydrogen-bond acceptors (Lipinski definition) is 5. The van der Waals surface area contributed by atoms with Crippen LogP contribution in [0.2, 0.25) is 0 Å². The van der Waals surface area contributed by atoms with E-state index in [-0.39, 0.29) is 34.3 Å². The van der Waals surface area contributed by atoms with E-state index in [1.807, 2.05) is 0 Å². The van der Waals surface area contributed by atoms with Gasteiger partial charge in [-0.25, -0.2) is 14.2 Å². The van der Waals surface area contributed by atoms with Crippen LogP contribution in [0.4, 0.5) is 33.7 Å². The number of amides is 3. The minimum atomic E-state index is -4.65. The lowest BCUT2D eigenvalue weighted by atomic mass is 10.1. The van der Waals surface area contributed by atoms with Crippen molar-refractivity contribution < 1.29 is 41.8 Å². The summed E-state index contributed by atoms with van der Waals surface area (Å²) in [5.74, 6) is -1.38. The summed E-state index contributed by atoms with van der Waals surface area (Å²) in [7, 11) is 1.37. The topological polar surface area (TPSA) is 121 Å². The number of urea groups is 1. The molecule has 4 rings (SSSR count). The van der Waals surface area contributed by atoms with Crippen molar-refractivity contribution in [3.05, 3.63) is 90.5 Å². The molecule has 14 heteroatoms. The van der Waals surface area contributed by atoms with Crippen molar-refractivity contribution in [2.24, 2.45) is 0 Å². The highest BCUT2D eigenvalue weighted by Gasteiger charge is 2.31. The molecule has 4 aromatic rings. The lowest BCUT2D eigenvalue weighted by molar-refractivity contribution is -0.905. The number of hydrogen-bond donors (Lipinski definition) is 4. The van der Waals surface area contributed by atoms with E-state index in [0.29, 0.717) is 4.73 Å². The predicted molar refractivity (Wildman–Crippen MR) is 125 cm³/mol. The SMILES string of the molecule is CNC(=O)c1cc(Oc2ccc(NC(=O)Nc3cc(C(F)(F)F)ccc3-n3ccnc3)c(F)c2)cc[n+]1O. The Bertz CT molecular complexity index is 1490. The van der Waals surface area contributed by atoms with Gasteiger partial charge in [-0.1, -0.05) is 0 Å². The lowest BCUT2D eigenvalue weighted by Crippen LogP contribution is -2.40. The number of benzene rings is 2. The average molecular weight is 531 g/mol. The van der Waals surface area contributed by atoms with Gasteiger partial charge in [-0.05, 0) is 30.3 Å². The van der Waals surface area contributed by atoms with Gasteiger partial charge < -0.3 is 25.3 Å². The number of halogens is 4. The van der Waals surface area contributed by atoms with Crippen molar-refractivity contribution in [1.29, 1.82) is 0 Å². The molecule has 0 saturated carbocycles. The Kier molecular flexibility index (Phi) is 7.14. The van der Waals surface area contributed by atoms with Crippen molar-refractivity contribution in [2.75, 3.05) is 17.7 Å². The molecule has 0 bridgehead atoms. The zero-order chi connectivity index (χ0) is 27.4. The Labute approximate surface area is 212 Å². The molecule has 0 aliphatic heterocycles. The van der Waals surface area contributed by atoms with E-state index < -0.39 is 29.5 Å². The molecule has 0 aliphatic carbocycles. The highest BCUT2D eigenvalue weighted by atomic mass is 19.4. The molecule has 10 nitrogen and oxygen atoms in total. The summed E-state index contributed by atoms with van der Waals surface area (Å²) < 4.78 is 61.9. The molecule has 0 spiro atoms. The third kappa shape index (κ3) is 5.80. The number of rotatable bonds is 6. The first-order valence-corrected chi connectivity index (χ1v) is 10.8. The molecule has 0 saturated heterocycles. The predicted octanol–water partition coefficient (Wildman–Crippen LogP) is 4.35. The van der Waals surface area contributed by atoms with Crippen LogP contribution in [-0.4, -0.2) is 33.7 Å². The summed E-state index contributed by atoms with van der Waals surface area (Å²) in [6, 6.07) is 7.80. The highest BCUT2D eigenvalue weighted by Crippen LogP contribution is 2.33. The quantitative estimate of drug-likeness (QED) is 0.168. The van der Waals surface area contributed by atoms with Crippen LogP contribution in [0.5, 0.6) is 11.5 Å². The van der Waals surface area contributed by atoms with Crippen LogP contribution in [0.3, 0.4) is 0 Å². The van der Waals surface area contributed by atoms with Gasteiger partial charge in [0, 0.05) is 36.3 Å². The molecule has 0 fully saturated rings. The number of nitrogens with one attached hydrogen (secondary N) is 3. The number of nitrogens with zero attached hydrogens (tertiary/aromatic N) is 3. The Balaban J connectivity index is 1.51. The van der Waals surface area contributed by atoms with Crippen molar-refractivity contribution in [1.82, 2.24) is 14.9 Å². The first-order chi connectivity index (χ1) is 18.0. The van der Waals surface area contributed by atoms with Crippen LogP contribution in [0, 0.1) is 5.82 Å². The van der Waals surface area contributed by atoms with Gasteiger partial charge in [-0.2, -0.15) is 13.2 Å². The second-order valence-corrected chi connectivity index (χ2v) is 7.69. The Morgan fingerprint density at radius 3 is 2.42 bits per heavy atom. The molecule has 2 aromatic heterocycles. The van der Waals surface area contributed by atoms with Crippen LogP contribution < -0.4 is 25.4 Å². The fourth-order valence-electron chi connectivity index (χ4n) is 3.35. The summed E-state index contributed by atoms with van der Waals surface area (Å²) in [5.41, 5.74) is -1.38. The number of pyridine rings is 1. The number of carbonyl (C=O) groups is 2. The smallest absolute Gasteiger partial charge is 0.416 e. The summed E-state index contributed by atoms with van der Waals surface area (Å²) >= 11 is 0. The van der Waals surface area contributed by atoms with Crippen LogP contribution in [0.1, 0.15) is 16.1 Å². The van der Waals surface area contributed by atoms with Crippen LogP contribution >= 0.6 is 0 Å². The minimum Gasteiger partial charge on any atom is -0.457 e. The summed E-state index contributed by atoms with van der Waals surface area (Å²) in [5, 5.41) is 16.6. The van der Waals surface area contributed by atoms with E-state index in [2.05, 4.69) is 20.9 Å². The second-order valence-electron chi connectivity index (χ2n) is 7.69. The normalized spacial score (nSPS) is 11.1. The zero-order valence-corrected chi connectivity index (χ0v) is 19.5. The van der Waals surface area contributed by atoms with Gasteiger partial charge in [0.05, 0.1) is 35.0 Å². The summed E-state index contributed by atoms with van der Waals surface area (Å²) in [6.07, 6.45) is 0.738. The molecule has 3 amide bonds. The Morgan fingerprint density at radius 2 is 1.76 bits per heavy atom. The van der Waals surface area contributed by atoms with Gasteiger partial charge in [-0.15, -0.1) is 0 Å². The number of carbonyl (C=O) groups excluding carboxylic acids is 2. The molecule has 0 radical (unpaired) electrons. The molecule has 0 atom stereocenters. The molecule has 2 heterocycles. The van der Waals surface area contributed by atoms with E-state index in [9.17, 15) is 32.4 Å². The van der Waals surface area contributed by atoms with Crippen molar-refractivity contribution in [3.63, 3.8) is 0 Å². The summed E-state index contributed by atoms with van der Waals surface area (Å²) in [6.45, 7) is 0. The standard InChI is InChI=1S/C24H18F4N6O4/c1-29-22(35)21-12-16(6-8-34(21)37)38-15-3-4-18(17(25)11-15)31-23(36)32-19-10-14(24(26,27)28)2-5-20(19)33-9-7-30-13-33/h2-13H,1H3,(H3-,29,31,32,35,36,37)/p+1. The first kappa shape index (κ1) is 25.9. The molecule has 4 N–H and O–H groups in total. The molecular formula is C24H19F4N6O4+. The van der Waals surface area contributed by atoms with Gasteiger partial charge in [0.15, 0.2) is 0 Å². The Hall–Kier alpha value is -5.14. The van der Waals surface area contributed by atoms with Crippen LogP contribution in [0.15, 0.2) is 73.4 Å². The maximum Gasteiger partial charge on any atom is 0.416 e. The fraction of sp³-hybridized carbons (Fsp3) is 0.0833. The van der Waals surface area contributed by atoms with Crippen molar-refractivity contribution in [3.8, 4) is 17.2 Å². The third-order valence-corrected chi connectivity index (χ3v) is 5.14. The number of imidazole rings is 1. The second kappa shape index (κ2) is 10.5. The number of ether oxygens (including phenoxy) is 1. The first-order valence-electron chi connectivity index (χ1n) is 10.8.